The Labute approximate surface area is 131 Å². The molecule has 2 aromatic rings. The fraction of sp³-hybridized carbons (Fsp3) is 0.333. The fourth-order valence-electron chi connectivity index (χ4n) is 2.83. The Morgan fingerprint density at radius 2 is 1.81 bits per heavy atom. The molecule has 1 aliphatic heterocycles. The van der Waals surface area contributed by atoms with Crippen molar-refractivity contribution < 1.29 is 4.74 Å². The van der Waals surface area contributed by atoms with Gasteiger partial charge in [-0.2, -0.15) is 0 Å². The lowest BCUT2D eigenvalue weighted by molar-refractivity contribution is 0.139. The van der Waals surface area contributed by atoms with Crippen molar-refractivity contribution in [2.45, 2.75) is 31.4 Å². The summed E-state index contributed by atoms with van der Waals surface area (Å²) in [6, 6.07) is 18.7. The Bertz CT molecular complexity index is 555. The molecule has 0 radical (unpaired) electrons. The van der Waals surface area contributed by atoms with Crippen LogP contribution >= 0.6 is 11.6 Å². The summed E-state index contributed by atoms with van der Waals surface area (Å²) in [7, 11) is 0. The summed E-state index contributed by atoms with van der Waals surface area (Å²) < 4.78 is 6.08. The first-order valence-corrected chi connectivity index (χ1v) is 7.87. The van der Waals surface area contributed by atoms with Crippen LogP contribution in [0.25, 0.3) is 0 Å². The van der Waals surface area contributed by atoms with E-state index in [0.29, 0.717) is 6.04 Å². The van der Waals surface area contributed by atoms with E-state index in [0.717, 1.165) is 36.6 Å². The zero-order valence-corrected chi connectivity index (χ0v) is 12.7. The van der Waals surface area contributed by atoms with Crippen LogP contribution in [0.4, 0.5) is 0 Å². The second kappa shape index (κ2) is 6.97. The Kier molecular flexibility index (Phi) is 4.79. The molecule has 1 heterocycles. The molecule has 0 bridgehead atoms. The molecule has 2 aromatic carbocycles. The van der Waals surface area contributed by atoms with E-state index in [4.69, 9.17) is 16.3 Å². The van der Waals surface area contributed by atoms with E-state index >= 15 is 0 Å². The van der Waals surface area contributed by atoms with Crippen LogP contribution in [0.3, 0.4) is 0 Å². The third-order valence-electron chi connectivity index (χ3n) is 3.89. The second-order valence-electron chi connectivity index (χ2n) is 5.56. The number of benzene rings is 2. The van der Waals surface area contributed by atoms with Crippen molar-refractivity contribution in [1.82, 2.24) is 5.32 Å². The maximum atomic E-state index is 6.08. The van der Waals surface area contributed by atoms with Gasteiger partial charge in [0.2, 0.25) is 0 Å². The number of piperidine rings is 1. The molecule has 2 atom stereocenters. The average Bonchev–Trinajstić information content (AvgIpc) is 2.51. The van der Waals surface area contributed by atoms with Gasteiger partial charge in [-0.3, -0.25) is 0 Å². The molecule has 3 rings (SSSR count). The van der Waals surface area contributed by atoms with E-state index in [1.54, 1.807) is 0 Å². The van der Waals surface area contributed by atoms with Crippen LogP contribution in [0.1, 0.15) is 18.4 Å². The van der Waals surface area contributed by atoms with E-state index < -0.39 is 0 Å². The number of halogens is 1. The summed E-state index contributed by atoms with van der Waals surface area (Å²) in [5, 5.41) is 4.34. The summed E-state index contributed by atoms with van der Waals surface area (Å²) in [5.41, 5.74) is 1.38. The molecule has 0 amide bonds. The van der Waals surface area contributed by atoms with Gasteiger partial charge in [0.05, 0.1) is 0 Å². The normalized spacial score (nSPS) is 22.0. The Balaban J connectivity index is 1.57. The van der Waals surface area contributed by atoms with Gasteiger partial charge >= 0.3 is 0 Å². The van der Waals surface area contributed by atoms with Crippen molar-refractivity contribution in [2.75, 3.05) is 6.54 Å². The topological polar surface area (TPSA) is 21.3 Å². The van der Waals surface area contributed by atoms with Crippen molar-refractivity contribution in [3.8, 4) is 5.75 Å². The number of nitrogens with one attached hydrogen (secondary N) is 1. The zero-order chi connectivity index (χ0) is 14.5. The molecule has 1 aliphatic rings. The van der Waals surface area contributed by atoms with E-state index in [9.17, 15) is 0 Å². The Hall–Kier alpha value is -1.51. The van der Waals surface area contributed by atoms with Gasteiger partial charge in [0.25, 0.3) is 0 Å². The molecule has 0 aromatic heterocycles. The maximum Gasteiger partial charge on any atom is 0.119 e. The molecular weight excluding hydrogens is 282 g/mol. The maximum absolute atomic E-state index is 6.08. The van der Waals surface area contributed by atoms with Crippen LogP contribution in [-0.4, -0.2) is 18.7 Å². The molecule has 110 valence electrons. The lowest BCUT2D eigenvalue weighted by Crippen LogP contribution is -2.43. The summed E-state index contributed by atoms with van der Waals surface area (Å²) >= 11 is 5.90. The number of hydrogen-bond acceptors (Lipinski definition) is 2. The van der Waals surface area contributed by atoms with Gasteiger partial charge < -0.3 is 10.1 Å². The van der Waals surface area contributed by atoms with Crippen LogP contribution in [0.2, 0.25) is 5.02 Å². The van der Waals surface area contributed by atoms with Gasteiger partial charge in [-0.15, -0.1) is 0 Å². The summed E-state index contributed by atoms with van der Waals surface area (Å²) in [4.78, 5) is 0. The van der Waals surface area contributed by atoms with Crippen molar-refractivity contribution in [3.63, 3.8) is 0 Å². The summed E-state index contributed by atoms with van der Waals surface area (Å²) in [5.74, 6) is 0.907. The van der Waals surface area contributed by atoms with Crippen LogP contribution < -0.4 is 10.1 Å². The van der Waals surface area contributed by atoms with E-state index in [2.05, 4.69) is 35.6 Å². The molecule has 0 aliphatic carbocycles. The largest absolute Gasteiger partial charge is 0.490 e. The van der Waals surface area contributed by atoms with Crippen LogP contribution in [0.5, 0.6) is 5.75 Å². The molecule has 3 heteroatoms. The van der Waals surface area contributed by atoms with Gasteiger partial charge in [-0.25, -0.2) is 0 Å². The highest BCUT2D eigenvalue weighted by atomic mass is 35.5. The zero-order valence-electron chi connectivity index (χ0n) is 12.0. The van der Waals surface area contributed by atoms with Gasteiger partial charge in [-0.1, -0.05) is 41.9 Å². The monoisotopic (exact) mass is 301 g/mol. The van der Waals surface area contributed by atoms with Crippen molar-refractivity contribution >= 4 is 11.6 Å². The Morgan fingerprint density at radius 1 is 1.05 bits per heavy atom. The predicted octanol–water partition coefficient (Wildman–Crippen LogP) is 4.08. The highest BCUT2D eigenvalue weighted by molar-refractivity contribution is 6.30. The molecule has 0 spiro atoms. The molecule has 1 fully saturated rings. The van der Waals surface area contributed by atoms with Crippen molar-refractivity contribution in [2.24, 2.45) is 0 Å². The van der Waals surface area contributed by atoms with Gasteiger partial charge in [-0.05, 0) is 55.6 Å². The van der Waals surface area contributed by atoms with Crippen LogP contribution in [-0.2, 0) is 6.42 Å². The number of rotatable bonds is 4. The smallest absolute Gasteiger partial charge is 0.119 e. The van der Waals surface area contributed by atoms with Crippen molar-refractivity contribution in [1.29, 1.82) is 0 Å². The molecule has 1 N–H and O–H groups in total. The molecule has 2 nitrogen and oxygen atoms in total. The van der Waals surface area contributed by atoms with Crippen molar-refractivity contribution in [3.05, 3.63) is 65.2 Å². The first-order chi connectivity index (χ1) is 10.3. The van der Waals surface area contributed by atoms with E-state index in [1.807, 2.05) is 24.3 Å². The second-order valence-corrected chi connectivity index (χ2v) is 6.00. The minimum absolute atomic E-state index is 0.279. The Morgan fingerprint density at radius 3 is 2.57 bits per heavy atom. The molecule has 21 heavy (non-hydrogen) atoms. The molecule has 0 saturated carbocycles. The third kappa shape index (κ3) is 4.23. The minimum atomic E-state index is 0.279. The van der Waals surface area contributed by atoms with E-state index in [-0.39, 0.29) is 6.10 Å². The lowest BCUT2D eigenvalue weighted by atomic mass is 9.96. The van der Waals surface area contributed by atoms with Gasteiger partial charge in [0, 0.05) is 11.1 Å². The van der Waals surface area contributed by atoms with Crippen LogP contribution in [0.15, 0.2) is 54.6 Å². The number of ether oxygens (including phenoxy) is 1. The first kappa shape index (κ1) is 14.4. The number of hydrogen-bond donors (Lipinski definition) is 1. The first-order valence-electron chi connectivity index (χ1n) is 7.49. The quantitative estimate of drug-likeness (QED) is 0.918. The van der Waals surface area contributed by atoms with Crippen LogP contribution in [0, 0.1) is 0 Å². The third-order valence-corrected chi connectivity index (χ3v) is 4.14. The standard InChI is InChI=1S/C18H20ClNO/c19-15-6-8-17(9-7-15)21-18-10-11-20-16(13-18)12-14-4-2-1-3-5-14/h1-9,16,18,20H,10-13H2. The summed E-state index contributed by atoms with van der Waals surface area (Å²) in [6.45, 7) is 1.01. The fourth-order valence-corrected chi connectivity index (χ4v) is 2.96. The SMILES string of the molecule is Clc1ccc(OC2CCNC(Cc3ccccc3)C2)cc1. The minimum Gasteiger partial charge on any atom is -0.490 e. The molecule has 1 saturated heterocycles. The highest BCUT2D eigenvalue weighted by Gasteiger charge is 2.22. The highest BCUT2D eigenvalue weighted by Crippen LogP contribution is 2.21. The summed E-state index contributed by atoms with van der Waals surface area (Å²) in [6.07, 6.45) is 3.42. The van der Waals surface area contributed by atoms with Gasteiger partial charge in [0.15, 0.2) is 0 Å². The predicted molar refractivity (Wildman–Crippen MR) is 87.0 cm³/mol. The molecule has 2 unspecified atom stereocenters. The van der Waals surface area contributed by atoms with Gasteiger partial charge in [0.1, 0.15) is 11.9 Å². The lowest BCUT2D eigenvalue weighted by Gasteiger charge is -2.31. The molecular formula is C18H20ClNO. The average molecular weight is 302 g/mol. The van der Waals surface area contributed by atoms with E-state index in [1.165, 1.54) is 5.56 Å².